The van der Waals surface area contributed by atoms with E-state index in [0.717, 1.165) is 13.0 Å². The molecule has 0 aliphatic rings. The van der Waals surface area contributed by atoms with E-state index in [0.29, 0.717) is 39.6 Å². The van der Waals surface area contributed by atoms with Gasteiger partial charge in [-0.25, -0.2) is 0 Å². The Morgan fingerprint density at radius 2 is 2.20 bits per heavy atom. The first kappa shape index (κ1) is 17.6. The maximum atomic E-state index is 9.72. The molecule has 0 radical (unpaired) electrons. The van der Waals surface area contributed by atoms with Gasteiger partial charge in [0, 0.05) is 25.1 Å². The average molecular weight is 303 g/mol. The smallest absolute Gasteiger partial charge is 0.0897 e. The molecule has 0 spiro atoms. The number of aliphatic hydroxyl groups is 1. The Morgan fingerprint density at radius 3 is 2.95 bits per heavy atom. The summed E-state index contributed by atoms with van der Waals surface area (Å²) in [4.78, 5) is 1.18. The van der Waals surface area contributed by atoms with Crippen molar-refractivity contribution in [1.82, 2.24) is 5.32 Å². The molecule has 1 atom stereocenters. The van der Waals surface area contributed by atoms with Gasteiger partial charge in [0.25, 0.3) is 0 Å². The first-order chi connectivity index (χ1) is 9.83. The quantitative estimate of drug-likeness (QED) is 0.537. The monoisotopic (exact) mass is 303 g/mol. The van der Waals surface area contributed by atoms with E-state index >= 15 is 0 Å². The fourth-order valence-corrected chi connectivity index (χ4v) is 2.20. The van der Waals surface area contributed by atoms with Crippen LogP contribution >= 0.6 is 11.3 Å². The van der Waals surface area contributed by atoms with E-state index in [2.05, 4.69) is 5.32 Å². The Balaban J connectivity index is 1.84. The molecule has 0 aliphatic heterocycles. The summed E-state index contributed by atoms with van der Waals surface area (Å²) in [6.45, 7) is 4.28. The molecule has 6 heteroatoms. The van der Waals surface area contributed by atoms with Crippen molar-refractivity contribution < 1.29 is 19.3 Å². The molecule has 0 fully saturated rings. The average Bonchev–Trinajstić information content (AvgIpc) is 2.95. The van der Waals surface area contributed by atoms with Gasteiger partial charge in [-0.15, -0.1) is 11.3 Å². The van der Waals surface area contributed by atoms with E-state index in [-0.39, 0.29) is 0 Å². The predicted octanol–water partition coefficient (Wildman–Crippen LogP) is 1.27. The van der Waals surface area contributed by atoms with E-state index in [4.69, 9.17) is 14.2 Å². The van der Waals surface area contributed by atoms with Crippen molar-refractivity contribution in [1.29, 1.82) is 0 Å². The molecule has 1 heterocycles. The van der Waals surface area contributed by atoms with Gasteiger partial charge in [-0.3, -0.25) is 0 Å². The molecule has 1 aromatic heterocycles. The Bertz CT molecular complexity index is 308. The highest BCUT2D eigenvalue weighted by molar-refractivity contribution is 7.09. The Morgan fingerprint density at radius 1 is 1.30 bits per heavy atom. The van der Waals surface area contributed by atoms with Gasteiger partial charge in [0.2, 0.25) is 0 Å². The summed E-state index contributed by atoms with van der Waals surface area (Å²) < 4.78 is 15.7. The van der Waals surface area contributed by atoms with E-state index < -0.39 is 6.10 Å². The number of hydrogen-bond acceptors (Lipinski definition) is 6. The van der Waals surface area contributed by atoms with E-state index in [9.17, 15) is 5.11 Å². The van der Waals surface area contributed by atoms with Crippen LogP contribution in [0.2, 0.25) is 0 Å². The summed E-state index contributed by atoms with van der Waals surface area (Å²) in [6, 6.07) is 4.02. The maximum absolute atomic E-state index is 9.72. The fraction of sp³-hybridized carbons (Fsp3) is 0.714. The SMILES string of the molecule is COCCOCCCNCC(O)COCc1cccs1. The molecule has 0 bridgehead atoms. The minimum absolute atomic E-state index is 0.356. The van der Waals surface area contributed by atoms with Crippen molar-refractivity contribution in [2.75, 3.05) is 46.6 Å². The number of nitrogens with one attached hydrogen (secondary N) is 1. The van der Waals surface area contributed by atoms with Crippen LogP contribution in [0.3, 0.4) is 0 Å². The van der Waals surface area contributed by atoms with Crippen LogP contribution in [-0.2, 0) is 20.8 Å². The third kappa shape index (κ3) is 9.41. The zero-order chi connectivity index (χ0) is 14.5. The molecule has 5 nitrogen and oxygen atoms in total. The second-order valence-corrected chi connectivity index (χ2v) is 5.44. The van der Waals surface area contributed by atoms with Gasteiger partial charge in [-0.1, -0.05) is 6.07 Å². The van der Waals surface area contributed by atoms with Crippen molar-refractivity contribution in [3.63, 3.8) is 0 Å². The molecule has 0 amide bonds. The summed E-state index contributed by atoms with van der Waals surface area (Å²) in [5.74, 6) is 0. The lowest BCUT2D eigenvalue weighted by atomic mass is 10.3. The molecule has 116 valence electrons. The predicted molar refractivity (Wildman–Crippen MR) is 80.2 cm³/mol. The van der Waals surface area contributed by atoms with Crippen LogP contribution < -0.4 is 5.32 Å². The minimum atomic E-state index is -0.468. The van der Waals surface area contributed by atoms with Gasteiger partial charge in [-0.2, -0.15) is 0 Å². The molecular formula is C14H25NO4S. The molecule has 1 aromatic rings. The Hall–Kier alpha value is -0.500. The van der Waals surface area contributed by atoms with Gasteiger partial charge in [-0.05, 0) is 24.4 Å². The lowest BCUT2D eigenvalue weighted by Gasteiger charge is -2.12. The van der Waals surface area contributed by atoms with Crippen LogP contribution in [0, 0.1) is 0 Å². The molecule has 1 rings (SSSR count). The van der Waals surface area contributed by atoms with Crippen LogP contribution in [0.25, 0.3) is 0 Å². The lowest BCUT2D eigenvalue weighted by Crippen LogP contribution is -2.31. The van der Waals surface area contributed by atoms with E-state index in [1.165, 1.54) is 4.88 Å². The van der Waals surface area contributed by atoms with Gasteiger partial charge < -0.3 is 24.6 Å². The standard InChI is InChI=1S/C14H25NO4S/c1-17-7-8-18-6-3-5-15-10-13(16)11-19-12-14-4-2-9-20-14/h2,4,9,13,15-16H,3,5-8,10-12H2,1H3. The summed E-state index contributed by atoms with van der Waals surface area (Å²) in [5, 5.41) is 14.9. The number of aliphatic hydroxyl groups excluding tert-OH is 1. The first-order valence-corrected chi connectivity index (χ1v) is 7.76. The van der Waals surface area contributed by atoms with E-state index in [1.807, 2.05) is 17.5 Å². The van der Waals surface area contributed by atoms with Crippen LogP contribution in [-0.4, -0.2) is 57.8 Å². The summed E-state index contributed by atoms with van der Waals surface area (Å²) in [5.41, 5.74) is 0. The van der Waals surface area contributed by atoms with Crippen molar-refractivity contribution in [3.05, 3.63) is 22.4 Å². The molecule has 0 saturated carbocycles. The lowest BCUT2D eigenvalue weighted by molar-refractivity contribution is 0.0293. The number of rotatable bonds is 13. The van der Waals surface area contributed by atoms with Gasteiger partial charge in [0.05, 0.1) is 32.5 Å². The molecule has 2 N–H and O–H groups in total. The highest BCUT2D eigenvalue weighted by Gasteiger charge is 2.04. The molecule has 0 aromatic carbocycles. The molecular weight excluding hydrogens is 278 g/mol. The van der Waals surface area contributed by atoms with Gasteiger partial charge in [0.15, 0.2) is 0 Å². The Labute approximate surface area is 124 Å². The Kier molecular flexibility index (Phi) is 10.8. The third-order valence-corrected chi connectivity index (χ3v) is 3.44. The maximum Gasteiger partial charge on any atom is 0.0897 e. The molecule has 20 heavy (non-hydrogen) atoms. The minimum Gasteiger partial charge on any atom is -0.389 e. The number of methoxy groups -OCH3 is 1. The zero-order valence-electron chi connectivity index (χ0n) is 12.0. The first-order valence-electron chi connectivity index (χ1n) is 6.88. The largest absolute Gasteiger partial charge is 0.389 e. The van der Waals surface area contributed by atoms with Crippen molar-refractivity contribution >= 4 is 11.3 Å². The summed E-state index contributed by atoms with van der Waals surface area (Å²) in [7, 11) is 1.66. The van der Waals surface area contributed by atoms with Gasteiger partial charge >= 0.3 is 0 Å². The van der Waals surface area contributed by atoms with Crippen molar-refractivity contribution in [2.45, 2.75) is 19.1 Å². The molecule has 0 saturated heterocycles. The third-order valence-electron chi connectivity index (χ3n) is 2.59. The number of hydrogen-bond donors (Lipinski definition) is 2. The normalized spacial score (nSPS) is 12.7. The molecule has 1 unspecified atom stereocenters. The topological polar surface area (TPSA) is 60.0 Å². The summed E-state index contributed by atoms with van der Waals surface area (Å²) >= 11 is 1.66. The highest BCUT2D eigenvalue weighted by Crippen LogP contribution is 2.09. The van der Waals surface area contributed by atoms with Gasteiger partial charge in [0.1, 0.15) is 0 Å². The van der Waals surface area contributed by atoms with Crippen LogP contribution in [0.4, 0.5) is 0 Å². The molecule has 0 aliphatic carbocycles. The second kappa shape index (κ2) is 12.3. The highest BCUT2D eigenvalue weighted by atomic mass is 32.1. The van der Waals surface area contributed by atoms with Crippen LogP contribution in [0.5, 0.6) is 0 Å². The number of thiophene rings is 1. The number of ether oxygens (including phenoxy) is 3. The van der Waals surface area contributed by atoms with Crippen LogP contribution in [0.1, 0.15) is 11.3 Å². The zero-order valence-corrected chi connectivity index (χ0v) is 12.9. The van der Waals surface area contributed by atoms with Crippen LogP contribution in [0.15, 0.2) is 17.5 Å². The second-order valence-electron chi connectivity index (χ2n) is 4.41. The van der Waals surface area contributed by atoms with E-state index in [1.54, 1.807) is 18.4 Å². The fourth-order valence-electron chi connectivity index (χ4n) is 1.56. The van der Waals surface area contributed by atoms with Crippen molar-refractivity contribution in [3.8, 4) is 0 Å². The summed E-state index contributed by atoms with van der Waals surface area (Å²) in [6.07, 6.45) is 0.455. The van der Waals surface area contributed by atoms with Crippen molar-refractivity contribution in [2.24, 2.45) is 0 Å².